The van der Waals surface area contributed by atoms with Gasteiger partial charge in [-0.2, -0.15) is 0 Å². The van der Waals surface area contributed by atoms with Gasteiger partial charge in [0.25, 0.3) is 0 Å². The van der Waals surface area contributed by atoms with Crippen molar-refractivity contribution in [2.45, 2.75) is 59.8 Å². The van der Waals surface area contributed by atoms with E-state index < -0.39 is 0 Å². The summed E-state index contributed by atoms with van der Waals surface area (Å²) >= 11 is 0. The first-order chi connectivity index (χ1) is 5.64. The van der Waals surface area contributed by atoms with E-state index in [0.29, 0.717) is 5.41 Å². The number of hydrogen-bond donors (Lipinski definition) is 0. The molecule has 1 fully saturated rings. The molecule has 0 aromatic carbocycles. The molecule has 0 spiro atoms. The van der Waals surface area contributed by atoms with Gasteiger partial charge in [-0.3, -0.25) is 0 Å². The first-order valence-electron chi connectivity index (χ1n) is 5.64. The van der Waals surface area contributed by atoms with E-state index in [1.807, 2.05) is 0 Å². The van der Waals surface area contributed by atoms with Crippen molar-refractivity contribution < 1.29 is 0 Å². The molecule has 1 saturated carbocycles. The average molecular weight is 168 g/mol. The molecule has 1 aliphatic carbocycles. The first-order valence-corrected chi connectivity index (χ1v) is 5.64. The molecule has 0 aliphatic heterocycles. The van der Waals surface area contributed by atoms with Crippen molar-refractivity contribution in [2.24, 2.45) is 17.3 Å². The van der Waals surface area contributed by atoms with Gasteiger partial charge in [0.05, 0.1) is 0 Å². The lowest BCUT2D eigenvalue weighted by Gasteiger charge is -2.44. The van der Waals surface area contributed by atoms with Crippen LogP contribution in [0.25, 0.3) is 0 Å². The monoisotopic (exact) mass is 168 g/mol. The van der Waals surface area contributed by atoms with Crippen LogP contribution in [-0.4, -0.2) is 0 Å². The predicted octanol–water partition coefficient (Wildman–Crippen LogP) is 4.25. The summed E-state index contributed by atoms with van der Waals surface area (Å²) in [6.07, 6.45) is 7.17. The van der Waals surface area contributed by atoms with Gasteiger partial charge in [0, 0.05) is 0 Å². The smallest absolute Gasteiger partial charge is 0.0277 e. The second-order valence-corrected chi connectivity index (χ2v) is 4.85. The Morgan fingerprint density at radius 2 is 1.75 bits per heavy atom. The van der Waals surface area contributed by atoms with Crippen LogP contribution in [0.4, 0.5) is 0 Å². The van der Waals surface area contributed by atoms with Gasteiger partial charge in [-0.1, -0.05) is 47.0 Å². The van der Waals surface area contributed by atoms with Crippen LogP contribution in [0.3, 0.4) is 0 Å². The number of rotatable bonds is 2. The minimum absolute atomic E-state index is 0.701. The van der Waals surface area contributed by atoms with E-state index in [1.165, 1.54) is 32.1 Å². The largest absolute Gasteiger partial charge is 0.0648 e. The van der Waals surface area contributed by atoms with E-state index in [4.69, 9.17) is 0 Å². The lowest BCUT2D eigenvalue weighted by molar-refractivity contribution is 0.0698. The van der Waals surface area contributed by atoms with Crippen molar-refractivity contribution >= 4 is 0 Å². The summed E-state index contributed by atoms with van der Waals surface area (Å²) in [5.74, 6) is 1.93. The van der Waals surface area contributed by atoms with Crippen LogP contribution >= 0.6 is 0 Å². The Kier molecular flexibility index (Phi) is 3.20. The van der Waals surface area contributed by atoms with E-state index in [2.05, 4.69) is 27.7 Å². The van der Waals surface area contributed by atoms with Crippen LogP contribution in [0, 0.1) is 17.3 Å². The topological polar surface area (TPSA) is 0 Å². The lowest BCUT2D eigenvalue weighted by atomic mass is 9.62. The molecular weight excluding hydrogens is 144 g/mol. The Bertz CT molecular complexity index is 133. The van der Waals surface area contributed by atoms with Crippen molar-refractivity contribution in [1.82, 2.24) is 0 Å². The van der Waals surface area contributed by atoms with E-state index in [1.54, 1.807) is 0 Å². The second-order valence-electron chi connectivity index (χ2n) is 4.85. The van der Waals surface area contributed by atoms with Gasteiger partial charge in [-0.15, -0.1) is 0 Å². The SMILES string of the molecule is CCC1(CC)CCC(C)CC1C. The standard InChI is InChI=1S/C12H24/c1-5-12(6-2)8-7-10(3)9-11(12)4/h10-11H,5-9H2,1-4H3. The zero-order valence-corrected chi connectivity index (χ0v) is 9.19. The van der Waals surface area contributed by atoms with E-state index in [-0.39, 0.29) is 0 Å². The van der Waals surface area contributed by atoms with Crippen LogP contribution in [0.1, 0.15) is 59.8 Å². The van der Waals surface area contributed by atoms with Crippen molar-refractivity contribution in [1.29, 1.82) is 0 Å². The normalized spacial score (nSPS) is 35.0. The molecule has 12 heavy (non-hydrogen) atoms. The highest BCUT2D eigenvalue weighted by Gasteiger charge is 2.36. The summed E-state index contributed by atoms with van der Waals surface area (Å²) in [7, 11) is 0. The minimum Gasteiger partial charge on any atom is -0.0648 e. The second kappa shape index (κ2) is 3.81. The molecule has 2 atom stereocenters. The molecular formula is C12H24. The Hall–Kier alpha value is 0. The van der Waals surface area contributed by atoms with Crippen molar-refractivity contribution in [3.63, 3.8) is 0 Å². The van der Waals surface area contributed by atoms with Crippen LogP contribution in [0.2, 0.25) is 0 Å². The third-order valence-corrected chi connectivity index (χ3v) is 4.34. The Labute approximate surface area is 77.7 Å². The summed E-state index contributed by atoms with van der Waals surface area (Å²) < 4.78 is 0. The summed E-state index contributed by atoms with van der Waals surface area (Å²) in [5.41, 5.74) is 0.701. The summed E-state index contributed by atoms with van der Waals surface area (Å²) in [6, 6.07) is 0. The van der Waals surface area contributed by atoms with Crippen LogP contribution in [0.15, 0.2) is 0 Å². The highest BCUT2D eigenvalue weighted by Crippen LogP contribution is 2.47. The molecule has 72 valence electrons. The Morgan fingerprint density at radius 3 is 2.17 bits per heavy atom. The quantitative estimate of drug-likeness (QED) is 0.578. The molecule has 0 heterocycles. The molecule has 0 amide bonds. The third-order valence-electron chi connectivity index (χ3n) is 4.34. The zero-order valence-electron chi connectivity index (χ0n) is 9.19. The molecule has 1 rings (SSSR count). The molecule has 0 nitrogen and oxygen atoms in total. The first kappa shape index (κ1) is 10.1. The van der Waals surface area contributed by atoms with Crippen LogP contribution in [-0.2, 0) is 0 Å². The fourth-order valence-corrected chi connectivity index (χ4v) is 3.05. The highest BCUT2D eigenvalue weighted by atomic mass is 14.4. The van der Waals surface area contributed by atoms with Crippen molar-refractivity contribution in [2.75, 3.05) is 0 Å². The van der Waals surface area contributed by atoms with Gasteiger partial charge in [-0.25, -0.2) is 0 Å². The molecule has 0 N–H and O–H groups in total. The molecule has 0 aromatic rings. The maximum Gasteiger partial charge on any atom is -0.0277 e. The molecule has 2 unspecified atom stereocenters. The maximum absolute atomic E-state index is 2.46. The summed E-state index contributed by atoms with van der Waals surface area (Å²) in [4.78, 5) is 0. The highest BCUT2D eigenvalue weighted by molar-refractivity contribution is 4.87. The predicted molar refractivity (Wildman–Crippen MR) is 55.2 cm³/mol. The molecule has 1 aliphatic rings. The Balaban J connectivity index is 2.64. The van der Waals surface area contributed by atoms with Gasteiger partial charge in [0.2, 0.25) is 0 Å². The average Bonchev–Trinajstić information content (AvgIpc) is 2.06. The van der Waals surface area contributed by atoms with Gasteiger partial charge in [0.1, 0.15) is 0 Å². The van der Waals surface area contributed by atoms with Gasteiger partial charge >= 0.3 is 0 Å². The molecule has 0 aromatic heterocycles. The fourth-order valence-electron chi connectivity index (χ4n) is 3.05. The summed E-state index contributed by atoms with van der Waals surface area (Å²) in [6.45, 7) is 9.61. The van der Waals surface area contributed by atoms with Crippen LogP contribution < -0.4 is 0 Å². The molecule has 0 bridgehead atoms. The summed E-state index contributed by atoms with van der Waals surface area (Å²) in [5, 5.41) is 0. The molecule has 0 saturated heterocycles. The maximum atomic E-state index is 2.46. The van der Waals surface area contributed by atoms with Crippen molar-refractivity contribution in [3.05, 3.63) is 0 Å². The van der Waals surface area contributed by atoms with Gasteiger partial charge in [-0.05, 0) is 30.1 Å². The Morgan fingerprint density at radius 1 is 1.17 bits per heavy atom. The molecule has 0 heteroatoms. The van der Waals surface area contributed by atoms with E-state index in [9.17, 15) is 0 Å². The van der Waals surface area contributed by atoms with Gasteiger partial charge < -0.3 is 0 Å². The zero-order chi connectivity index (χ0) is 9.19. The van der Waals surface area contributed by atoms with Crippen molar-refractivity contribution in [3.8, 4) is 0 Å². The van der Waals surface area contributed by atoms with Crippen LogP contribution in [0.5, 0.6) is 0 Å². The fraction of sp³-hybridized carbons (Fsp3) is 1.00. The molecule has 0 radical (unpaired) electrons. The number of hydrogen-bond acceptors (Lipinski definition) is 0. The van der Waals surface area contributed by atoms with E-state index in [0.717, 1.165) is 11.8 Å². The van der Waals surface area contributed by atoms with Gasteiger partial charge in [0.15, 0.2) is 0 Å². The minimum atomic E-state index is 0.701. The van der Waals surface area contributed by atoms with E-state index >= 15 is 0 Å². The third kappa shape index (κ3) is 1.67. The lowest BCUT2D eigenvalue weighted by Crippen LogP contribution is -2.33.